The van der Waals surface area contributed by atoms with Gasteiger partial charge in [0.05, 0.1) is 25.4 Å². The Morgan fingerprint density at radius 2 is 0.818 bits per heavy atom. The lowest BCUT2D eigenvalue weighted by atomic mass is 9.99. The average molecular weight is 1080 g/mol. The van der Waals surface area contributed by atoms with E-state index in [-0.39, 0.29) is 18.9 Å². The van der Waals surface area contributed by atoms with E-state index in [2.05, 4.69) is 116 Å². The molecule has 6 N–H and O–H groups in total. The molecular formula is C68H117NO8. The molecule has 1 rings (SSSR count). The summed E-state index contributed by atoms with van der Waals surface area (Å²) in [5.41, 5.74) is 0. The van der Waals surface area contributed by atoms with Gasteiger partial charge in [0.15, 0.2) is 6.29 Å². The van der Waals surface area contributed by atoms with Crippen molar-refractivity contribution in [2.24, 2.45) is 0 Å². The molecule has 0 aromatic rings. The first-order chi connectivity index (χ1) is 37.8. The lowest BCUT2D eigenvalue weighted by Gasteiger charge is -2.40. The zero-order valence-corrected chi connectivity index (χ0v) is 49.2. The van der Waals surface area contributed by atoms with Crippen LogP contribution in [0.1, 0.15) is 258 Å². The van der Waals surface area contributed by atoms with Crippen LogP contribution in [0.2, 0.25) is 0 Å². The zero-order valence-electron chi connectivity index (χ0n) is 49.2. The maximum Gasteiger partial charge on any atom is 0.220 e. The Morgan fingerprint density at radius 1 is 0.455 bits per heavy atom. The van der Waals surface area contributed by atoms with Gasteiger partial charge in [0, 0.05) is 6.42 Å². The Hall–Kier alpha value is -3.15. The first-order valence-corrected chi connectivity index (χ1v) is 31.6. The van der Waals surface area contributed by atoms with Crippen LogP contribution in [0.3, 0.4) is 0 Å². The Labute approximate surface area is 472 Å². The third-order valence-corrected chi connectivity index (χ3v) is 14.3. The number of carbonyl (C=O) groups excluding carboxylic acids is 1. The second-order valence-corrected chi connectivity index (χ2v) is 21.5. The van der Waals surface area contributed by atoms with Crippen LogP contribution in [0.25, 0.3) is 0 Å². The molecule has 0 bridgehead atoms. The normalized spacial score (nSPS) is 19.5. The Kier molecular flexibility index (Phi) is 52.4. The van der Waals surface area contributed by atoms with Gasteiger partial charge in [-0.25, -0.2) is 0 Å². The van der Waals surface area contributed by atoms with Crippen LogP contribution in [-0.2, 0) is 14.3 Å². The van der Waals surface area contributed by atoms with Crippen molar-refractivity contribution >= 4 is 5.91 Å². The van der Waals surface area contributed by atoms with Crippen LogP contribution in [0, 0.1) is 0 Å². The Morgan fingerprint density at radius 3 is 1.25 bits per heavy atom. The van der Waals surface area contributed by atoms with Crippen LogP contribution in [-0.4, -0.2) is 87.5 Å². The van der Waals surface area contributed by atoms with Crippen molar-refractivity contribution in [2.45, 2.75) is 301 Å². The predicted molar refractivity (Wildman–Crippen MR) is 327 cm³/mol. The average Bonchev–Trinajstić information content (AvgIpc) is 3.43. The van der Waals surface area contributed by atoms with E-state index >= 15 is 0 Å². The lowest BCUT2D eigenvalue weighted by molar-refractivity contribution is -0.302. The van der Waals surface area contributed by atoms with E-state index in [1.54, 1.807) is 6.08 Å². The van der Waals surface area contributed by atoms with E-state index < -0.39 is 49.5 Å². The van der Waals surface area contributed by atoms with Gasteiger partial charge in [0.25, 0.3) is 0 Å². The molecule has 0 aromatic heterocycles. The second-order valence-electron chi connectivity index (χ2n) is 21.5. The summed E-state index contributed by atoms with van der Waals surface area (Å²) < 4.78 is 11.2. The van der Waals surface area contributed by atoms with E-state index in [4.69, 9.17) is 9.47 Å². The maximum atomic E-state index is 13.0. The molecular weight excluding hydrogens is 959 g/mol. The molecule has 1 aliphatic rings. The number of rotatable bonds is 53. The molecule has 77 heavy (non-hydrogen) atoms. The van der Waals surface area contributed by atoms with Gasteiger partial charge in [0.1, 0.15) is 24.4 Å². The van der Waals surface area contributed by atoms with Crippen LogP contribution in [0.15, 0.2) is 109 Å². The lowest BCUT2D eigenvalue weighted by Crippen LogP contribution is -2.60. The number of allylic oxidation sites excluding steroid dienone is 17. The molecule has 0 aromatic carbocycles. The summed E-state index contributed by atoms with van der Waals surface area (Å²) in [6.07, 6.45) is 76.1. The minimum Gasteiger partial charge on any atom is -0.394 e. The van der Waals surface area contributed by atoms with E-state index in [1.807, 2.05) is 6.08 Å². The molecule has 9 heteroatoms. The summed E-state index contributed by atoms with van der Waals surface area (Å²) in [4.78, 5) is 13.0. The number of aliphatic hydroxyl groups excluding tert-OH is 5. The molecule has 7 atom stereocenters. The van der Waals surface area contributed by atoms with Gasteiger partial charge < -0.3 is 40.3 Å². The van der Waals surface area contributed by atoms with Gasteiger partial charge >= 0.3 is 0 Å². The molecule has 0 saturated carbocycles. The van der Waals surface area contributed by atoms with Crippen molar-refractivity contribution in [2.75, 3.05) is 13.2 Å². The minimum atomic E-state index is -1.59. The highest BCUT2D eigenvalue weighted by Gasteiger charge is 2.44. The third kappa shape index (κ3) is 45.3. The molecule has 0 radical (unpaired) electrons. The first kappa shape index (κ1) is 71.9. The highest BCUT2D eigenvalue weighted by molar-refractivity contribution is 5.76. The summed E-state index contributed by atoms with van der Waals surface area (Å²) in [6, 6.07) is -0.862. The maximum absolute atomic E-state index is 13.0. The first-order valence-electron chi connectivity index (χ1n) is 31.6. The molecule has 9 nitrogen and oxygen atoms in total. The van der Waals surface area contributed by atoms with Crippen LogP contribution < -0.4 is 5.32 Å². The molecule has 1 aliphatic heterocycles. The molecule has 1 heterocycles. The van der Waals surface area contributed by atoms with Gasteiger partial charge in [-0.3, -0.25) is 4.79 Å². The molecule has 442 valence electrons. The van der Waals surface area contributed by atoms with Crippen molar-refractivity contribution in [3.63, 3.8) is 0 Å². The standard InChI is InChI=1S/C68H117NO8/c1-3-5-7-9-11-13-15-17-19-21-23-25-27-28-29-30-31-32-33-34-36-37-39-41-43-45-47-49-51-53-55-57-62(71)61(60-76-68-67(75)66(74)65(73)63(59-70)77-68)69-64(72)58-56-54-52-50-48-46-44-42-40-38-35-26-24-22-20-18-16-14-12-10-8-6-4-2/h6,8,12,14,18,20,24,26,38,40,44,46-47,49-50,52,55,57,61-63,65-68,70-71,73-75H,3-5,7,9-11,13,15-17,19,21-23,25,27-37,39,41-43,45,48,51,53-54,56,58-60H2,1-2H3,(H,69,72)/b8-6-,14-12-,20-18-,26-24-,40-38-,46-44-,49-47+,52-50-,57-55+. The summed E-state index contributed by atoms with van der Waals surface area (Å²) in [5.74, 6) is -0.246. The van der Waals surface area contributed by atoms with Crippen LogP contribution in [0.5, 0.6) is 0 Å². The summed E-state index contributed by atoms with van der Waals surface area (Å²) >= 11 is 0. The van der Waals surface area contributed by atoms with Gasteiger partial charge in [-0.05, 0) is 83.5 Å². The fraction of sp³-hybridized carbons (Fsp3) is 0.721. The number of unbranched alkanes of at least 4 members (excludes halogenated alkanes) is 27. The fourth-order valence-electron chi connectivity index (χ4n) is 9.40. The number of hydrogen-bond donors (Lipinski definition) is 6. The van der Waals surface area contributed by atoms with E-state index in [0.717, 1.165) is 70.6 Å². The smallest absolute Gasteiger partial charge is 0.220 e. The quantitative estimate of drug-likeness (QED) is 0.0261. The largest absolute Gasteiger partial charge is 0.394 e. The second kappa shape index (κ2) is 56.1. The zero-order chi connectivity index (χ0) is 55.8. The van der Waals surface area contributed by atoms with Crippen molar-refractivity contribution in [1.29, 1.82) is 0 Å². The molecule has 7 unspecified atom stereocenters. The third-order valence-electron chi connectivity index (χ3n) is 14.3. The van der Waals surface area contributed by atoms with Gasteiger partial charge in [0.2, 0.25) is 5.91 Å². The summed E-state index contributed by atoms with van der Waals surface area (Å²) in [5, 5.41) is 54.5. The van der Waals surface area contributed by atoms with Gasteiger partial charge in [-0.2, -0.15) is 0 Å². The topological polar surface area (TPSA) is 149 Å². The van der Waals surface area contributed by atoms with E-state index in [1.165, 1.54) is 161 Å². The molecule has 1 fully saturated rings. The van der Waals surface area contributed by atoms with Gasteiger partial charge in [-0.15, -0.1) is 0 Å². The number of ether oxygens (including phenoxy) is 2. The van der Waals surface area contributed by atoms with Crippen molar-refractivity contribution in [1.82, 2.24) is 5.32 Å². The fourth-order valence-corrected chi connectivity index (χ4v) is 9.40. The number of carbonyl (C=O) groups is 1. The summed E-state index contributed by atoms with van der Waals surface area (Å²) in [6.45, 7) is 3.63. The predicted octanol–water partition coefficient (Wildman–Crippen LogP) is 16.5. The van der Waals surface area contributed by atoms with Crippen molar-refractivity contribution in [3.8, 4) is 0 Å². The number of nitrogens with one attached hydrogen (secondary N) is 1. The monoisotopic (exact) mass is 1080 g/mol. The molecule has 1 saturated heterocycles. The number of aliphatic hydroxyl groups is 5. The Balaban J connectivity index is 2.25. The SMILES string of the molecule is CC/C=C\C/C=C\C/C=C\C/C=C\C/C=C\C/C=C\C/C=C\CCCC(=O)NC(COC1OC(CO)C(O)C(O)C1O)C(O)/C=C/CC/C=C/CCCCCCCCCCCCCCCCCCCCCCCCCCC. The van der Waals surface area contributed by atoms with Crippen molar-refractivity contribution < 1.29 is 39.8 Å². The number of hydrogen-bond acceptors (Lipinski definition) is 8. The van der Waals surface area contributed by atoms with E-state index in [9.17, 15) is 30.3 Å². The molecule has 0 aliphatic carbocycles. The van der Waals surface area contributed by atoms with Crippen molar-refractivity contribution in [3.05, 3.63) is 109 Å². The van der Waals surface area contributed by atoms with Gasteiger partial charge in [-0.1, -0.05) is 277 Å². The molecule has 1 amide bonds. The van der Waals surface area contributed by atoms with E-state index in [0.29, 0.717) is 6.42 Å². The summed E-state index contributed by atoms with van der Waals surface area (Å²) in [7, 11) is 0. The number of amides is 1. The Bertz CT molecular complexity index is 1580. The van der Waals surface area contributed by atoms with Crippen LogP contribution >= 0.6 is 0 Å². The highest BCUT2D eigenvalue weighted by Crippen LogP contribution is 2.23. The highest BCUT2D eigenvalue weighted by atomic mass is 16.7. The minimum absolute atomic E-state index is 0.231. The van der Waals surface area contributed by atoms with Crippen LogP contribution in [0.4, 0.5) is 0 Å². The molecule has 0 spiro atoms.